The molecule has 0 bridgehead atoms. The summed E-state index contributed by atoms with van der Waals surface area (Å²) < 4.78 is 26.3. The minimum absolute atomic E-state index is 0.0768. The van der Waals surface area contributed by atoms with Gasteiger partial charge in [-0.2, -0.15) is 0 Å². The summed E-state index contributed by atoms with van der Waals surface area (Å²) in [7, 11) is -3.42. The molecule has 0 fully saturated rings. The van der Waals surface area contributed by atoms with Crippen molar-refractivity contribution >= 4 is 10.0 Å². The summed E-state index contributed by atoms with van der Waals surface area (Å²) >= 11 is 0. The van der Waals surface area contributed by atoms with Gasteiger partial charge in [0.2, 0.25) is 10.0 Å². The smallest absolute Gasteiger partial charge is 0.240 e. The Morgan fingerprint density at radius 3 is 2.41 bits per heavy atom. The minimum Gasteiger partial charge on any atom is -0.396 e. The van der Waals surface area contributed by atoms with Gasteiger partial charge in [-0.15, -0.1) is 0 Å². The SMILES string of the molecule is Cc1ccc(S(=O)(=O)NCC(C)CCO)cc1. The van der Waals surface area contributed by atoms with Gasteiger partial charge in [-0.3, -0.25) is 0 Å². The van der Waals surface area contributed by atoms with Crippen LogP contribution in [0.1, 0.15) is 18.9 Å². The zero-order chi connectivity index (χ0) is 12.9. The predicted molar refractivity (Wildman–Crippen MR) is 67.2 cm³/mol. The lowest BCUT2D eigenvalue weighted by Crippen LogP contribution is -2.28. The number of benzene rings is 1. The monoisotopic (exact) mass is 257 g/mol. The number of aliphatic hydroxyl groups is 1. The fraction of sp³-hybridized carbons (Fsp3) is 0.500. The van der Waals surface area contributed by atoms with Crippen LogP contribution in [0.25, 0.3) is 0 Å². The van der Waals surface area contributed by atoms with Gasteiger partial charge in [-0.25, -0.2) is 13.1 Å². The number of hydrogen-bond donors (Lipinski definition) is 2. The molecule has 1 aromatic carbocycles. The third kappa shape index (κ3) is 4.46. The van der Waals surface area contributed by atoms with Crippen LogP contribution in [0.5, 0.6) is 0 Å². The van der Waals surface area contributed by atoms with E-state index < -0.39 is 10.0 Å². The Labute approximate surface area is 103 Å². The van der Waals surface area contributed by atoms with Crippen molar-refractivity contribution in [2.75, 3.05) is 13.2 Å². The van der Waals surface area contributed by atoms with E-state index in [0.717, 1.165) is 5.56 Å². The molecule has 0 aliphatic rings. The van der Waals surface area contributed by atoms with Crippen LogP contribution in [0.4, 0.5) is 0 Å². The molecule has 0 radical (unpaired) electrons. The van der Waals surface area contributed by atoms with E-state index in [1.54, 1.807) is 24.3 Å². The second-order valence-corrected chi connectivity index (χ2v) is 6.05. The van der Waals surface area contributed by atoms with E-state index in [-0.39, 0.29) is 17.4 Å². The summed E-state index contributed by atoms with van der Waals surface area (Å²) in [5.41, 5.74) is 1.03. The first-order valence-electron chi connectivity index (χ1n) is 5.63. The van der Waals surface area contributed by atoms with Gasteiger partial charge in [0.05, 0.1) is 4.90 Å². The third-order valence-corrected chi connectivity index (χ3v) is 4.01. The summed E-state index contributed by atoms with van der Waals surface area (Å²) in [6, 6.07) is 6.72. The normalized spacial score (nSPS) is 13.6. The number of hydrogen-bond acceptors (Lipinski definition) is 3. The van der Waals surface area contributed by atoms with Crippen LogP contribution >= 0.6 is 0 Å². The second kappa shape index (κ2) is 6.14. The molecule has 0 heterocycles. The van der Waals surface area contributed by atoms with Crippen molar-refractivity contribution in [2.24, 2.45) is 5.92 Å². The van der Waals surface area contributed by atoms with Gasteiger partial charge in [0.1, 0.15) is 0 Å². The lowest BCUT2D eigenvalue weighted by molar-refractivity contribution is 0.263. The molecule has 0 amide bonds. The average Bonchev–Trinajstić information content (AvgIpc) is 2.28. The van der Waals surface area contributed by atoms with E-state index in [1.165, 1.54) is 0 Å². The molecule has 2 N–H and O–H groups in total. The molecular formula is C12H19NO3S. The zero-order valence-corrected chi connectivity index (χ0v) is 11.0. The average molecular weight is 257 g/mol. The van der Waals surface area contributed by atoms with Crippen molar-refractivity contribution in [1.29, 1.82) is 0 Å². The molecule has 0 aliphatic carbocycles. The maximum Gasteiger partial charge on any atom is 0.240 e. The summed E-state index contributed by atoms with van der Waals surface area (Å²) in [5, 5.41) is 8.74. The van der Waals surface area contributed by atoms with Crippen molar-refractivity contribution in [3.05, 3.63) is 29.8 Å². The largest absolute Gasteiger partial charge is 0.396 e. The van der Waals surface area contributed by atoms with Gasteiger partial charge in [0.25, 0.3) is 0 Å². The van der Waals surface area contributed by atoms with Crippen LogP contribution in [-0.2, 0) is 10.0 Å². The highest BCUT2D eigenvalue weighted by molar-refractivity contribution is 7.89. The van der Waals surface area contributed by atoms with Crippen LogP contribution in [0.15, 0.2) is 29.2 Å². The summed E-state index contributed by atoms with van der Waals surface area (Å²) in [6.45, 7) is 4.23. The molecular weight excluding hydrogens is 238 g/mol. The van der Waals surface area contributed by atoms with Crippen LogP contribution in [0.3, 0.4) is 0 Å². The molecule has 0 spiro atoms. The van der Waals surface area contributed by atoms with Crippen LogP contribution in [0.2, 0.25) is 0 Å². The molecule has 17 heavy (non-hydrogen) atoms. The molecule has 0 saturated heterocycles. The first kappa shape index (κ1) is 14.2. The van der Waals surface area contributed by atoms with Crippen LogP contribution < -0.4 is 4.72 Å². The van der Waals surface area contributed by atoms with E-state index in [2.05, 4.69) is 4.72 Å². The first-order chi connectivity index (χ1) is 7.95. The number of rotatable bonds is 6. The quantitative estimate of drug-likeness (QED) is 0.807. The highest BCUT2D eigenvalue weighted by Crippen LogP contribution is 2.10. The van der Waals surface area contributed by atoms with Crippen molar-refractivity contribution in [3.63, 3.8) is 0 Å². The van der Waals surface area contributed by atoms with E-state index >= 15 is 0 Å². The van der Waals surface area contributed by atoms with Gasteiger partial charge in [-0.1, -0.05) is 24.6 Å². The molecule has 1 atom stereocenters. The fourth-order valence-electron chi connectivity index (χ4n) is 1.38. The number of nitrogens with one attached hydrogen (secondary N) is 1. The molecule has 0 aromatic heterocycles. The Bertz CT molecular complexity index is 439. The highest BCUT2D eigenvalue weighted by atomic mass is 32.2. The maximum atomic E-state index is 11.9. The molecule has 0 aliphatic heterocycles. The van der Waals surface area contributed by atoms with Gasteiger partial charge >= 0.3 is 0 Å². The Balaban J connectivity index is 2.66. The Hall–Kier alpha value is -0.910. The Morgan fingerprint density at radius 1 is 1.29 bits per heavy atom. The summed E-state index contributed by atoms with van der Waals surface area (Å²) in [4.78, 5) is 0.277. The van der Waals surface area contributed by atoms with E-state index in [1.807, 2.05) is 13.8 Å². The summed E-state index contributed by atoms with van der Waals surface area (Å²) in [5.74, 6) is 0.125. The van der Waals surface area contributed by atoms with Crippen molar-refractivity contribution in [3.8, 4) is 0 Å². The topological polar surface area (TPSA) is 66.4 Å². The number of aliphatic hydroxyl groups excluding tert-OH is 1. The number of sulfonamides is 1. The van der Waals surface area contributed by atoms with Crippen LogP contribution in [-0.4, -0.2) is 26.7 Å². The number of aryl methyl sites for hydroxylation is 1. The van der Waals surface area contributed by atoms with Gasteiger partial charge < -0.3 is 5.11 Å². The summed E-state index contributed by atoms with van der Waals surface area (Å²) in [6.07, 6.45) is 0.594. The molecule has 4 nitrogen and oxygen atoms in total. The predicted octanol–water partition coefficient (Wildman–Crippen LogP) is 1.29. The van der Waals surface area contributed by atoms with Crippen molar-refractivity contribution in [1.82, 2.24) is 4.72 Å². The maximum absolute atomic E-state index is 11.9. The van der Waals surface area contributed by atoms with E-state index in [9.17, 15) is 8.42 Å². The Morgan fingerprint density at radius 2 is 1.88 bits per heavy atom. The van der Waals surface area contributed by atoms with Crippen molar-refractivity contribution < 1.29 is 13.5 Å². The van der Waals surface area contributed by atoms with Gasteiger partial charge in [-0.05, 0) is 31.4 Å². The fourth-order valence-corrected chi connectivity index (χ4v) is 2.54. The van der Waals surface area contributed by atoms with E-state index in [4.69, 9.17) is 5.11 Å². The lowest BCUT2D eigenvalue weighted by atomic mass is 10.1. The third-order valence-electron chi connectivity index (χ3n) is 2.57. The van der Waals surface area contributed by atoms with Crippen molar-refractivity contribution in [2.45, 2.75) is 25.2 Å². The molecule has 0 saturated carbocycles. The van der Waals surface area contributed by atoms with Gasteiger partial charge in [0, 0.05) is 13.2 Å². The lowest BCUT2D eigenvalue weighted by Gasteiger charge is -2.11. The van der Waals surface area contributed by atoms with Gasteiger partial charge in [0.15, 0.2) is 0 Å². The highest BCUT2D eigenvalue weighted by Gasteiger charge is 2.14. The second-order valence-electron chi connectivity index (χ2n) is 4.28. The Kier molecular flexibility index (Phi) is 5.11. The minimum atomic E-state index is -3.42. The van der Waals surface area contributed by atoms with Crippen LogP contribution in [0, 0.1) is 12.8 Å². The molecule has 1 aromatic rings. The first-order valence-corrected chi connectivity index (χ1v) is 7.11. The molecule has 1 rings (SSSR count). The molecule has 1 unspecified atom stereocenters. The molecule has 96 valence electrons. The molecule has 5 heteroatoms. The zero-order valence-electron chi connectivity index (χ0n) is 10.2. The standard InChI is InChI=1S/C12H19NO3S/c1-10-3-5-12(6-4-10)17(15,16)13-9-11(2)7-8-14/h3-6,11,13-14H,7-9H2,1-2H3. The van der Waals surface area contributed by atoms with E-state index in [0.29, 0.717) is 13.0 Å².